The number of ether oxygens (including phenoxy) is 1. The summed E-state index contributed by atoms with van der Waals surface area (Å²) in [4.78, 5) is 22.0. The van der Waals surface area contributed by atoms with Crippen LogP contribution in [0.3, 0.4) is 0 Å². The van der Waals surface area contributed by atoms with Crippen LogP contribution in [0.2, 0.25) is 0 Å². The van der Waals surface area contributed by atoms with Crippen molar-refractivity contribution in [3.63, 3.8) is 0 Å². The van der Waals surface area contributed by atoms with Crippen molar-refractivity contribution in [2.24, 2.45) is 0 Å². The Morgan fingerprint density at radius 1 is 1.12 bits per heavy atom. The highest BCUT2D eigenvalue weighted by molar-refractivity contribution is 7.99. The van der Waals surface area contributed by atoms with Crippen LogP contribution in [0, 0.1) is 10.1 Å². The van der Waals surface area contributed by atoms with E-state index in [1.807, 2.05) is 24.3 Å². The van der Waals surface area contributed by atoms with Crippen LogP contribution in [0.1, 0.15) is 11.1 Å². The predicted molar refractivity (Wildman–Crippen MR) is 94.1 cm³/mol. The SMILES string of the molecule is COc1ccc(CNC(=O)CSCc2ccc([N+](=O)[O-])cc2)cc1. The minimum Gasteiger partial charge on any atom is -0.497 e. The number of thioether (sulfide) groups is 1. The molecular formula is C17H18N2O4S. The molecule has 0 saturated carbocycles. The normalized spacial score (nSPS) is 10.2. The molecule has 1 amide bonds. The third-order valence-electron chi connectivity index (χ3n) is 3.30. The summed E-state index contributed by atoms with van der Waals surface area (Å²) < 4.78 is 5.08. The van der Waals surface area contributed by atoms with Gasteiger partial charge in [0, 0.05) is 24.4 Å². The fourth-order valence-corrected chi connectivity index (χ4v) is 2.79. The molecule has 0 heterocycles. The second-order valence-electron chi connectivity index (χ2n) is 5.04. The molecule has 2 rings (SSSR count). The first kappa shape index (κ1) is 17.8. The molecule has 0 aliphatic rings. The molecule has 7 heteroatoms. The highest BCUT2D eigenvalue weighted by Crippen LogP contribution is 2.16. The summed E-state index contributed by atoms with van der Waals surface area (Å²) in [5.74, 6) is 1.71. The number of benzene rings is 2. The van der Waals surface area contributed by atoms with Gasteiger partial charge in [-0.3, -0.25) is 14.9 Å². The lowest BCUT2D eigenvalue weighted by molar-refractivity contribution is -0.384. The third-order valence-corrected chi connectivity index (χ3v) is 4.30. The standard InChI is InChI=1S/C17H18N2O4S/c1-23-16-8-4-13(5-9-16)10-18-17(20)12-24-11-14-2-6-15(7-3-14)19(21)22/h2-9H,10-12H2,1H3,(H,18,20). The topological polar surface area (TPSA) is 81.5 Å². The summed E-state index contributed by atoms with van der Waals surface area (Å²) in [5.41, 5.74) is 2.03. The fourth-order valence-electron chi connectivity index (χ4n) is 1.97. The number of hydrogen-bond acceptors (Lipinski definition) is 5. The van der Waals surface area contributed by atoms with E-state index in [9.17, 15) is 14.9 Å². The van der Waals surface area contributed by atoms with Crippen LogP contribution >= 0.6 is 11.8 Å². The Morgan fingerprint density at radius 2 is 1.75 bits per heavy atom. The highest BCUT2D eigenvalue weighted by atomic mass is 32.2. The van der Waals surface area contributed by atoms with E-state index in [0.29, 0.717) is 18.1 Å². The lowest BCUT2D eigenvalue weighted by atomic mass is 10.2. The van der Waals surface area contributed by atoms with Gasteiger partial charge in [-0.25, -0.2) is 0 Å². The van der Waals surface area contributed by atoms with Crippen molar-refractivity contribution < 1.29 is 14.5 Å². The van der Waals surface area contributed by atoms with E-state index in [1.54, 1.807) is 19.2 Å². The van der Waals surface area contributed by atoms with Crippen molar-refractivity contribution in [2.45, 2.75) is 12.3 Å². The second kappa shape index (κ2) is 8.93. The van der Waals surface area contributed by atoms with Crippen molar-refractivity contribution >= 4 is 23.4 Å². The van der Waals surface area contributed by atoms with Gasteiger partial charge in [-0.15, -0.1) is 11.8 Å². The number of carbonyl (C=O) groups is 1. The molecule has 0 aliphatic carbocycles. The number of nitrogens with one attached hydrogen (secondary N) is 1. The van der Waals surface area contributed by atoms with Gasteiger partial charge in [0.25, 0.3) is 5.69 Å². The van der Waals surface area contributed by atoms with Crippen LogP contribution in [0.25, 0.3) is 0 Å². The molecule has 0 spiro atoms. The summed E-state index contributed by atoms with van der Waals surface area (Å²) in [6.07, 6.45) is 0. The van der Waals surface area contributed by atoms with E-state index in [2.05, 4.69) is 5.32 Å². The smallest absolute Gasteiger partial charge is 0.269 e. The lowest BCUT2D eigenvalue weighted by Gasteiger charge is -2.06. The first-order valence-electron chi connectivity index (χ1n) is 7.29. The molecule has 0 atom stereocenters. The minimum atomic E-state index is -0.427. The molecule has 0 bridgehead atoms. The molecular weight excluding hydrogens is 328 g/mol. The number of non-ortho nitro benzene ring substituents is 1. The van der Waals surface area contributed by atoms with E-state index >= 15 is 0 Å². The van der Waals surface area contributed by atoms with Crippen molar-refractivity contribution in [3.8, 4) is 5.75 Å². The van der Waals surface area contributed by atoms with Crippen molar-refractivity contribution in [1.29, 1.82) is 0 Å². The molecule has 24 heavy (non-hydrogen) atoms. The Labute approximate surface area is 144 Å². The third kappa shape index (κ3) is 5.58. The number of carbonyl (C=O) groups excluding carboxylic acids is 1. The van der Waals surface area contributed by atoms with E-state index in [0.717, 1.165) is 16.9 Å². The number of amides is 1. The summed E-state index contributed by atoms with van der Waals surface area (Å²) >= 11 is 1.47. The molecule has 0 unspecified atom stereocenters. The van der Waals surface area contributed by atoms with Crippen LogP contribution in [0.5, 0.6) is 5.75 Å². The Morgan fingerprint density at radius 3 is 2.33 bits per heavy atom. The van der Waals surface area contributed by atoms with Crippen LogP contribution in [0.15, 0.2) is 48.5 Å². The summed E-state index contributed by atoms with van der Waals surface area (Å²) in [6.45, 7) is 0.473. The maximum absolute atomic E-state index is 11.8. The number of nitrogens with zero attached hydrogens (tertiary/aromatic N) is 1. The first-order valence-corrected chi connectivity index (χ1v) is 8.44. The molecule has 6 nitrogen and oxygen atoms in total. The van der Waals surface area contributed by atoms with Gasteiger partial charge in [-0.05, 0) is 23.3 Å². The van der Waals surface area contributed by atoms with Crippen molar-refractivity contribution in [2.75, 3.05) is 12.9 Å². The molecule has 1 N–H and O–H groups in total. The molecule has 2 aromatic carbocycles. The first-order chi connectivity index (χ1) is 11.6. The monoisotopic (exact) mass is 346 g/mol. The zero-order valence-electron chi connectivity index (χ0n) is 13.2. The Hall–Kier alpha value is -2.54. The summed E-state index contributed by atoms with van der Waals surface area (Å²) in [7, 11) is 1.61. The Balaban J connectivity index is 1.69. The van der Waals surface area contributed by atoms with E-state index < -0.39 is 4.92 Å². The number of rotatable bonds is 8. The summed E-state index contributed by atoms with van der Waals surface area (Å²) in [5, 5.41) is 13.4. The Bertz CT molecular complexity index is 687. The number of methoxy groups -OCH3 is 1. The van der Waals surface area contributed by atoms with Gasteiger partial charge in [0.2, 0.25) is 5.91 Å². The van der Waals surface area contributed by atoms with E-state index in [-0.39, 0.29) is 11.6 Å². The molecule has 2 aromatic rings. The van der Waals surface area contributed by atoms with Gasteiger partial charge >= 0.3 is 0 Å². The molecule has 0 aromatic heterocycles. The van der Waals surface area contributed by atoms with Gasteiger partial charge in [-0.1, -0.05) is 24.3 Å². The fraction of sp³-hybridized carbons (Fsp3) is 0.235. The minimum absolute atomic E-state index is 0.0438. The van der Waals surface area contributed by atoms with E-state index in [4.69, 9.17) is 4.74 Å². The average Bonchev–Trinajstić information content (AvgIpc) is 2.61. The zero-order valence-corrected chi connectivity index (χ0v) is 14.0. The number of nitro groups is 1. The molecule has 126 valence electrons. The van der Waals surface area contributed by atoms with Crippen LogP contribution in [-0.4, -0.2) is 23.7 Å². The van der Waals surface area contributed by atoms with Gasteiger partial charge in [-0.2, -0.15) is 0 Å². The zero-order chi connectivity index (χ0) is 17.4. The van der Waals surface area contributed by atoms with E-state index in [1.165, 1.54) is 23.9 Å². The van der Waals surface area contributed by atoms with Gasteiger partial charge in [0.1, 0.15) is 5.75 Å². The van der Waals surface area contributed by atoms with Crippen LogP contribution in [-0.2, 0) is 17.1 Å². The van der Waals surface area contributed by atoms with Crippen molar-refractivity contribution in [3.05, 3.63) is 69.8 Å². The average molecular weight is 346 g/mol. The number of hydrogen-bond donors (Lipinski definition) is 1. The van der Waals surface area contributed by atoms with Crippen LogP contribution in [0.4, 0.5) is 5.69 Å². The highest BCUT2D eigenvalue weighted by Gasteiger charge is 2.05. The Kier molecular flexibility index (Phi) is 6.62. The van der Waals surface area contributed by atoms with Gasteiger partial charge in [0.05, 0.1) is 17.8 Å². The maximum atomic E-state index is 11.8. The predicted octanol–water partition coefficient (Wildman–Crippen LogP) is 3.15. The molecule has 0 radical (unpaired) electrons. The van der Waals surface area contributed by atoms with Crippen LogP contribution < -0.4 is 10.1 Å². The largest absolute Gasteiger partial charge is 0.497 e. The summed E-state index contributed by atoms with van der Waals surface area (Å²) in [6, 6.07) is 13.9. The second-order valence-corrected chi connectivity index (χ2v) is 6.03. The molecule has 0 saturated heterocycles. The van der Waals surface area contributed by atoms with Gasteiger partial charge in [0.15, 0.2) is 0 Å². The molecule has 0 aliphatic heterocycles. The van der Waals surface area contributed by atoms with Crippen molar-refractivity contribution in [1.82, 2.24) is 5.32 Å². The lowest BCUT2D eigenvalue weighted by Crippen LogP contribution is -2.24. The maximum Gasteiger partial charge on any atom is 0.269 e. The molecule has 0 fully saturated rings. The van der Waals surface area contributed by atoms with Gasteiger partial charge < -0.3 is 10.1 Å². The quantitative estimate of drug-likeness (QED) is 0.586. The number of nitro benzene ring substituents is 1.